The Hall–Kier alpha value is -2.15. The largest absolute Gasteiger partial charge is 0.493 e. The Labute approximate surface area is 196 Å². The van der Waals surface area contributed by atoms with Gasteiger partial charge in [0.1, 0.15) is 11.6 Å². The van der Waals surface area contributed by atoms with Crippen LogP contribution in [0.25, 0.3) is 0 Å². The summed E-state index contributed by atoms with van der Waals surface area (Å²) in [5.41, 5.74) is 0.435. The van der Waals surface area contributed by atoms with Crippen molar-refractivity contribution >= 4 is 11.9 Å². The smallest absolute Gasteiger partial charge is 0.410 e. The van der Waals surface area contributed by atoms with Crippen molar-refractivity contribution in [3.05, 3.63) is 29.6 Å². The second kappa shape index (κ2) is 11.3. The Morgan fingerprint density at radius 3 is 2.52 bits per heavy atom. The van der Waals surface area contributed by atoms with Crippen molar-refractivity contribution < 1.29 is 28.6 Å². The number of nitrogens with zero attached hydrogens (tertiary/aromatic N) is 1. The number of ether oxygens (including phenoxy) is 2. The molecule has 1 spiro atoms. The van der Waals surface area contributed by atoms with Crippen molar-refractivity contribution in [1.29, 1.82) is 0 Å². The van der Waals surface area contributed by atoms with E-state index in [-0.39, 0.29) is 30.2 Å². The maximum Gasteiger partial charge on any atom is 0.410 e. The van der Waals surface area contributed by atoms with Crippen LogP contribution in [0.2, 0.25) is 0 Å². The second-order valence-electron chi connectivity index (χ2n) is 10.1. The second-order valence-corrected chi connectivity index (χ2v) is 10.1. The van der Waals surface area contributed by atoms with E-state index in [1.807, 2.05) is 18.7 Å². The number of hydrogen-bond donors (Lipinski definition) is 1. The molecule has 1 heterocycles. The standard InChI is InChI=1S/C26H38FNO5/c1-18(2)33-25(31)28-11-9-26(10-12-28)16-20(17-26)5-4-14-32-21-6-7-22(23(27)15-21)24(30)19(3)8-13-29/h6-7,15,18-20,29H,4-5,8-14,16-17H2,1-3H3. The number of aliphatic hydroxyl groups excluding tert-OH is 1. The minimum Gasteiger partial charge on any atom is -0.493 e. The third-order valence-corrected chi connectivity index (χ3v) is 7.10. The summed E-state index contributed by atoms with van der Waals surface area (Å²) in [7, 11) is 0. The molecule has 1 saturated heterocycles. The molecule has 6 nitrogen and oxygen atoms in total. The Morgan fingerprint density at radius 2 is 1.91 bits per heavy atom. The number of likely N-dealkylation sites (tertiary alicyclic amines) is 1. The minimum absolute atomic E-state index is 0.0478. The molecule has 1 N–H and O–H groups in total. The molecule has 1 unspecified atom stereocenters. The van der Waals surface area contributed by atoms with E-state index in [1.165, 1.54) is 25.0 Å². The molecule has 1 aromatic carbocycles. The average molecular weight is 464 g/mol. The summed E-state index contributed by atoms with van der Waals surface area (Å²) >= 11 is 0. The summed E-state index contributed by atoms with van der Waals surface area (Å²) in [6.45, 7) is 7.43. The monoisotopic (exact) mass is 463 g/mol. The SMILES string of the molecule is CC(C)OC(=O)N1CCC2(CC1)CC(CCCOc1ccc(C(=O)C(C)CCO)c(F)c1)C2. The topological polar surface area (TPSA) is 76.1 Å². The Kier molecular flexibility index (Phi) is 8.74. The first kappa shape index (κ1) is 25.5. The lowest BCUT2D eigenvalue weighted by Crippen LogP contribution is -2.49. The highest BCUT2D eigenvalue weighted by Crippen LogP contribution is 2.54. The number of Topliss-reactive ketones (excluding diaryl/α,β-unsaturated/α-hetero) is 1. The first-order valence-electron chi connectivity index (χ1n) is 12.3. The van der Waals surface area contributed by atoms with E-state index in [4.69, 9.17) is 14.6 Å². The number of amides is 1. The van der Waals surface area contributed by atoms with Crippen LogP contribution in [0.3, 0.4) is 0 Å². The first-order chi connectivity index (χ1) is 15.7. The van der Waals surface area contributed by atoms with E-state index in [9.17, 15) is 14.0 Å². The maximum absolute atomic E-state index is 14.3. The van der Waals surface area contributed by atoms with Crippen LogP contribution in [0, 0.1) is 23.1 Å². The summed E-state index contributed by atoms with van der Waals surface area (Å²) < 4.78 is 25.4. The predicted octanol–water partition coefficient (Wildman–Crippen LogP) is 5.22. The van der Waals surface area contributed by atoms with Crippen molar-refractivity contribution in [2.24, 2.45) is 17.3 Å². The number of rotatable bonds is 10. The molecule has 1 amide bonds. The zero-order valence-corrected chi connectivity index (χ0v) is 20.1. The number of ketones is 1. The van der Waals surface area contributed by atoms with Crippen LogP contribution in [0.4, 0.5) is 9.18 Å². The molecule has 2 fully saturated rings. The Balaban J connectivity index is 1.34. The number of aliphatic hydroxyl groups is 1. The van der Waals surface area contributed by atoms with Crippen molar-refractivity contribution in [2.45, 2.75) is 71.8 Å². The summed E-state index contributed by atoms with van der Waals surface area (Å²) in [6, 6.07) is 4.38. The molecule has 2 aliphatic rings. The van der Waals surface area contributed by atoms with Crippen LogP contribution in [0.5, 0.6) is 5.75 Å². The lowest BCUT2D eigenvalue weighted by Gasteiger charge is -2.52. The molecular formula is C26H38FNO5. The number of piperidine rings is 1. The molecule has 3 rings (SSSR count). The van der Waals surface area contributed by atoms with Gasteiger partial charge in [-0.3, -0.25) is 4.79 Å². The summed E-state index contributed by atoms with van der Waals surface area (Å²) in [6.07, 6.45) is 6.55. The fourth-order valence-electron chi connectivity index (χ4n) is 5.15. The zero-order valence-electron chi connectivity index (χ0n) is 20.1. The molecule has 0 radical (unpaired) electrons. The molecule has 1 aromatic rings. The van der Waals surface area contributed by atoms with Crippen LogP contribution in [-0.2, 0) is 4.74 Å². The van der Waals surface area contributed by atoms with E-state index in [1.54, 1.807) is 13.0 Å². The first-order valence-corrected chi connectivity index (χ1v) is 12.3. The molecular weight excluding hydrogens is 425 g/mol. The van der Waals surface area contributed by atoms with E-state index in [0.29, 0.717) is 30.1 Å². The van der Waals surface area contributed by atoms with Crippen LogP contribution in [0.1, 0.15) is 76.1 Å². The predicted molar refractivity (Wildman–Crippen MR) is 124 cm³/mol. The third-order valence-electron chi connectivity index (χ3n) is 7.10. The molecule has 33 heavy (non-hydrogen) atoms. The van der Waals surface area contributed by atoms with Crippen molar-refractivity contribution in [1.82, 2.24) is 4.90 Å². The fourth-order valence-corrected chi connectivity index (χ4v) is 5.15. The highest BCUT2D eigenvalue weighted by Gasteiger charge is 2.46. The summed E-state index contributed by atoms with van der Waals surface area (Å²) in [5, 5.41) is 8.97. The molecule has 0 aromatic heterocycles. The highest BCUT2D eigenvalue weighted by molar-refractivity contribution is 5.98. The fraction of sp³-hybridized carbons (Fsp3) is 0.692. The normalized spacial score (nSPS) is 18.8. The van der Waals surface area contributed by atoms with E-state index in [0.717, 1.165) is 38.8 Å². The van der Waals surface area contributed by atoms with Crippen LogP contribution < -0.4 is 4.74 Å². The zero-order chi connectivity index (χ0) is 24.0. The molecule has 1 aliphatic heterocycles. The summed E-state index contributed by atoms with van der Waals surface area (Å²) in [5.74, 6) is -0.165. The Morgan fingerprint density at radius 1 is 1.21 bits per heavy atom. The van der Waals surface area contributed by atoms with Gasteiger partial charge in [-0.2, -0.15) is 0 Å². The quantitative estimate of drug-likeness (QED) is 0.380. The minimum atomic E-state index is -0.577. The number of hydrogen-bond acceptors (Lipinski definition) is 5. The average Bonchev–Trinajstić information content (AvgIpc) is 2.75. The van der Waals surface area contributed by atoms with Gasteiger partial charge in [-0.1, -0.05) is 6.92 Å². The van der Waals surface area contributed by atoms with Crippen molar-refractivity contribution in [3.8, 4) is 5.75 Å². The molecule has 1 atom stereocenters. The number of halogens is 1. The van der Waals surface area contributed by atoms with Gasteiger partial charge in [-0.15, -0.1) is 0 Å². The van der Waals surface area contributed by atoms with Gasteiger partial charge in [0.15, 0.2) is 5.78 Å². The molecule has 1 aliphatic carbocycles. The third kappa shape index (κ3) is 6.69. The maximum atomic E-state index is 14.3. The number of carbonyl (C=O) groups excluding carboxylic acids is 2. The number of carbonyl (C=O) groups is 2. The van der Waals surface area contributed by atoms with Gasteiger partial charge in [0, 0.05) is 31.7 Å². The van der Waals surface area contributed by atoms with Gasteiger partial charge in [-0.25, -0.2) is 9.18 Å². The lowest BCUT2D eigenvalue weighted by molar-refractivity contribution is -0.0203. The van der Waals surface area contributed by atoms with Gasteiger partial charge in [-0.05, 0) is 82.3 Å². The van der Waals surface area contributed by atoms with E-state index < -0.39 is 11.7 Å². The van der Waals surface area contributed by atoms with Crippen LogP contribution in [0.15, 0.2) is 18.2 Å². The van der Waals surface area contributed by atoms with Gasteiger partial charge in [0.25, 0.3) is 0 Å². The number of benzene rings is 1. The molecule has 7 heteroatoms. The van der Waals surface area contributed by atoms with E-state index in [2.05, 4.69) is 0 Å². The van der Waals surface area contributed by atoms with Crippen molar-refractivity contribution in [3.63, 3.8) is 0 Å². The van der Waals surface area contributed by atoms with Gasteiger partial charge >= 0.3 is 6.09 Å². The highest BCUT2D eigenvalue weighted by atomic mass is 19.1. The molecule has 184 valence electrons. The Bertz CT molecular complexity index is 811. The van der Waals surface area contributed by atoms with Gasteiger partial charge in [0.05, 0.1) is 18.3 Å². The van der Waals surface area contributed by atoms with Crippen molar-refractivity contribution in [2.75, 3.05) is 26.3 Å². The van der Waals surface area contributed by atoms with Crippen LogP contribution >= 0.6 is 0 Å². The van der Waals surface area contributed by atoms with Gasteiger partial charge < -0.3 is 19.5 Å². The van der Waals surface area contributed by atoms with Gasteiger partial charge in [0.2, 0.25) is 0 Å². The lowest BCUT2D eigenvalue weighted by atomic mass is 9.56. The summed E-state index contributed by atoms with van der Waals surface area (Å²) in [4.78, 5) is 26.1. The molecule has 1 saturated carbocycles. The van der Waals surface area contributed by atoms with E-state index >= 15 is 0 Å². The van der Waals surface area contributed by atoms with Crippen LogP contribution in [-0.4, -0.2) is 54.3 Å². The molecule has 0 bridgehead atoms.